The third-order valence-electron chi connectivity index (χ3n) is 1.92. The molecule has 0 amide bonds. The van der Waals surface area contributed by atoms with E-state index in [0.29, 0.717) is 12.7 Å². The van der Waals surface area contributed by atoms with E-state index in [9.17, 15) is 0 Å². The number of ether oxygens (including phenoxy) is 1. The van der Waals surface area contributed by atoms with Gasteiger partial charge in [0.2, 0.25) is 0 Å². The third-order valence-corrected chi connectivity index (χ3v) is 1.92. The van der Waals surface area contributed by atoms with Crippen LogP contribution in [0, 0.1) is 0 Å². The monoisotopic (exact) mass is 192 g/mol. The minimum absolute atomic E-state index is 0.329. The predicted octanol–water partition coefficient (Wildman–Crippen LogP) is 2.27. The number of hydrogen-bond acceptors (Lipinski definition) is 4. The smallest absolute Gasteiger partial charge is 0.394 e. The van der Waals surface area contributed by atoms with Crippen LogP contribution in [0.5, 0.6) is 6.08 Å². The van der Waals surface area contributed by atoms with Gasteiger partial charge in [0, 0.05) is 12.7 Å². The Labute approximate surface area is 81.9 Å². The molecule has 2 rings (SSSR count). The summed E-state index contributed by atoms with van der Waals surface area (Å²) >= 11 is 0. The molecule has 0 aliphatic rings. The zero-order chi connectivity index (χ0) is 9.97. The van der Waals surface area contributed by atoms with Gasteiger partial charge in [-0.3, -0.25) is 0 Å². The minimum Gasteiger partial charge on any atom is -0.450 e. The lowest BCUT2D eigenvalue weighted by Crippen LogP contribution is -1.90. The van der Waals surface area contributed by atoms with Crippen LogP contribution < -0.4 is 10.1 Å². The standard InChI is InChI=1S/C10H12N2O2/c1-3-13-10-12-8-6-7(11-2)4-5-9(8)14-10/h4-6,11H,3H2,1-2H3. The van der Waals surface area contributed by atoms with Gasteiger partial charge >= 0.3 is 6.08 Å². The highest BCUT2D eigenvalue weighted by Crippen LogP contribution is 2.23. The average molecular weight is 192 g/mol. The Morgan fingerprint density at radius 2 is 2.36 bits per heavy atom. The van der Waals surface area contributed by atoms with Gasteiger partial charge in [0.1, 0.15) is 5.52 Å². The Kier molecular flexibility index (Phi) is 2.26. The molecule has 1 N–H and O–H groups in total. The molecule has 0 fully saturated rings. The van der Waals surface area contributed by atoms with Crippen molar-refractivity contribution >= 4 is 16.8 Å². The van der Waals surface area contributed by atoms with Crippen molar-refractivity contribution in [1.82, 2.24) is 4.98 Å². The van der Waals surface area contributed by atoms with E-state index >= 15 is 0 Å². The van der Waals surface area contributed by atoms with Crippen molar-refractivity contribution in [3.05, 3.63) is 18.2 Å². The summed E-state index contributed by atoms with van der Waals surface area (Å²) in [6.07, 6.45) is 0.329. The summed E-state index contributed by atoms with van der Waals surface area (Å²) in [6, 6.07) is 5.72. The summed E-state index contributed by atoms with van der Waals surface area (Å²) in [4.78, 5) is 4.18. The molecule has 0 saturated carbocycles. The molecule has 1 heterocycles. The number of aromatic nitrogens is 1. The van der Waals surface area contributed by atoms with Crippen molar-refractivity contribution in [1.29, 1.82) is 0 Å². The second kappa shape index (κ2) is 3.57. The summed E-state index contributed by atoms with van der Waals surface area (Å²) in [5, 5.41) is 3.04. The van der Waals surface area contributed by atoms with Crippen molar-refractivity contribution in [3.63, 3.8) is 0 Å². The number of anilines is 1. The van der Waals surface area contributed by atoms with Crippen LogP contribution >= 0.6 is 0 Å². The summed E-state index contributed by atoms with van der Waals surface area (Å²) in [5.41, 5.74) is 2.56. The molecule has 0 spiro atoms. The Balaban J connectivity index is 2.43. The van der Waals surface area contributed by atoms with Gasteiger partial charge in [-0.15, -0.1) is 0 Å². The highest BCUT2D eigenvalue weighted by Gasteiger charge is 2.05. The second-order valence-corrected chi connectivity index (χ2v) is 2.85. The number of rotatable bonds is 3. The van der Waals surface area contributed by atoms with E-state index in [2.05, 4.69) is 10.3 Å². The minimum atomic E-state index is 0.329. The maximum absolute atomic E-state index is 5.35. The zero-order valence-corrected chi connectivity index (χ0v) is 8.20. The summed E-state index contributed by atoms with van der Waals surface area (Å²) in [6.45, 7) is 2.46. The fraction of sp³-hybridized carbons (Fsp3) is 0.300. The molecule has 4 heteroatoms. The number of oxazole rings is 1. The van der Waals surface area contributed by atoms with Crippen molar-refractivity contribution in [2.75, 3.05) is 19.0 Å². The normalized spacial score (nSPS) is 10.4. The maximum Gasteiger partial charge on any atom is 0.394 e. The van der Waals surface area contributed by atoms with Crippen molar-refractivity contribution in [2.45, 2.75) is 6.92 Å². The molecule has 14 heavy (non-hydrogen) atoms. The van der Waals surface area contributed by atoms with Crippen LogP contribution in [0.1, 0.15) is 6.92 Å². The topological polar surface area (TPSA) is 47.3 Å². The van der Waals surface area contributed by atoms with Crippen LogP contribution in [0.2, 0.25) is 0 Å². The maximum atomic E-state index is 5.35. The summed E-state index contributed by atoms with van der Waals surface area (Å²) in [7, 11) is 1.87. The number of benzene rings is 1. The number of nitrogens with one attached hydrogen (secondary N) is 1. The molecule has 2 aromatic rings. The molecule has 74 valence electrons. The summed E-state index contributed by atoms with van der Waals surface area (Å²) in [5.74, 6) is 0. The van der Waals surface area contributed by atoms with Gasteiger partial charge in [0.05, 0.1) is 6.61 Å². The first-order valence-electron chi connectivity index (χ1n) is 4.54. The third kappa shape index (κ3) is 1.51. The highest BCUT2D eigenvalue weighted by molar-refractivity contribution is 5.77. The van der Waals surface area contributed by atoms with Gasteiger partial charge in [-0.25, -0.2) is 0 Å². The molecule has 1 aromatic carbocycles. The van der Waals surface area contributed by atoms with Crippen LogP contribution in [0.3, 0.4) is 0 Å². The molecular formula is C10H12N2O2. The van der Waals surface area contributed by atoms with Gasteiger partial charge in [0.15, 0.2) is 5.58 Å². The van der Waals surface area contributed by atoms with E-state index in [0.717, 1.165) is 16.8 Å². The Morgan fingerprint density at radius 3 is 3.07 bits per heavy atom. The average Bonchev–Trinajstić information content (AvgIpc) is 2.59. The Bertz CT molecular complexity index is 437. The molecule has 0 radical (unpaired) electrons. The molecule has 4 nitrogen and oxygen atoms in total. The highest BCUT2D eigenvalue weighted by atomic mass is 16.6. The largest absolute Gasteiger partial charge is 0.450 e. The molecular weight excluding hydrogens is 180 g/mol. The van der Waals surface area contributed by atoms with Crippen LogP contribution in [0.4, 0.5) is 5.69 Å². The van der Waals surface area contributed by atoms with Crippen LogP contribution in [0.25, 0.3) is 11.1 Å². The van der Waals surface area contributed by atoms with Crippen molar-refractivity contribution < 1.29 is 9.15 Å². The molecule has 1 aromatic heterocycles. The molecule has 0 aliphatic heterocycles. The lowest BCUT2D eigenvalue weighted by Gasteiger charge is -1.95. The van der Waals surface area contributed by atoms with E-state index < -0.39 is 0 Å². The molecule has 0 aliphatic carbocycles. The molecule has 0 atom stereocenters. The fourth-order valence-corrected chi connectivity index (χ4v) is 1.25. The van der Waals surface area contributed by atoms with Gasteiger partial charge in [0.25, 0.3) is 0 Å². The van der Waals surface area contributed by atoms with Crippen molar-refractivity contribution in [3.8, 4) is 6.08 Å². The van der Waals surface area contributed by atoms with E-state index in [1.54, 1.807) is 0 Å². The van der Waals surface area contributed by atoms with E-state index in [1.165, 1.54) is 0 Å². The Hall–Kier alpha value is -1.71. The first kappa shape index (κ1) is 8.87. The van der Waals surface area contributed by atoms with E-state index in [4.69, 9.17) is 9.15 Å². The number of fused-ring (bicyclic) bond motifs is 1. The van der Waals surface area contributed by atoms with Crippen LogP contribution in [-0.4, -0.2) is 18.6 Å². The molecule has 0 bridgehead atoms. The lowest BCUT2D eigenvalue weighted by atomic mass is 10.3. The van der Waals surface area contributed by atoms with Gasteiger partial charge < -0.3 is 14.5 Å². The zero-order valence-electron chi connectivity index (χ0n) is 8.20. The lowest BCUT2D eigenvalue weighted by molar-refractivity contribution is 0.251. The fourth-order valence-electron chi connectivity index (χ4n) is 1.25. The molecule has 0 saturated heterocycles. The number of hydrogen-bond donors (Lipinski definition) is 1. The molecule has 0 unspecified atom stereocenters. The number of nitrogens with zero attached hydrogens (tertiary/aromatic N) is 1. The van der Waals surface area contributed by atoms with Gasteiger partial charge in [-0.2, -0.15) is 4.98 Å². The SMILES string of the molecule is CCOc1nc2cc(NC)ccc2o1. The van der Waals surface area contributed by atoms with E-state index in [-0.39, 0.29) is 0 Å². The quantitative estimate of drug-likeness (QED) is 0.810. The van der Waals surface area contributed by atoms with E-state index in [1.807, 2.05) is 32.2 Å². The van der Waals surface area contributed by atoms with Crippen LogP contribution in [0.15, 0.2) is 22.6 Å². The van der Waals surface area contributed by atoms with Gasteiger partial charge in [-0.1, -0.05) is 0 Å². The predicted molar refractivity (Wildman–Crippen MR) is 54.7 cm³/mol. The van der Waals surface area contributed by atoms with Gasteiger partial charge in [-0.05, 0) is 25.1 Å². The van der Waals surface area contributed by atoms with Crippen LogP contribution in [-0.2, 0) is 0 Å². The van der Waals surface area contributed by atoms with Crippen molar-refractivity contribution in [2.24, 2.45) is 0 Å². The second-order valence-electron chi connectivity index (χ2n) is 2.85. The summed E-state index contributed by atoms with van der Waals surface area (Å²) < 4.78 is 10.5. The Morgan fingerprint density at radius 1 is 1.50 bits per heavy atom. The first-order chi connectivity index (χ1) is 6.83. The first-order valence-corrected chi connectivity index (χ1v) is 4.54.